The number of hydrogen-bond acceptors (Lipinski definition) is 5. The molecule has 5 nitrogen and oxygen atoms in total. The van der Waals surface area contributed by atoms with E-state index in [1.807, 2.05) is 36.6 Å². The summed E-state index contributed by atoms with van der Waals surface area (Å²) in [6.07, 6.45) is 1.68. The van der Waals surface area contributed by atoms with Crippen molar-refractivity contribution < 1.29 is 14.3 Å². The van der Waals surface area contributed by atoms with Crippen molar-refractivity contribution >= 4 is 22.9 Å². The van der Waals surface area contributed by atoms with Crippen LogP contribution < -0.4 is 5.32 Å². The maximum atomic E-state index is 12.3. The minimum Gasteiger partial charge on any atom is -0.376 e. The second-order valence-electron chi connectivity index (χ2n) is 5.97. The minimum absolute atomic E-state index is 0.122. The number of amides is 1. The summed E-state index contributed by atoms with van der Waals surface area (Å²) in [5.41, 5.74) is 2.75. The van der Waals surface area contributed by atoms with E-state index in [1.165, 1.54) is 0 Å². The maximum Gasteiger partial charge on any atom is 0.253 e. The fourth-order valence-corrected chi connectivity index (χ4v) is 3.36. The van der Waals surface area contributed by atoms with Crippen molar-refractivity contribution in [2.75, 3.05) is 18.5 Å². The minimum atomic E-state index is -0.514. The maximum absolute atomic E-state index is 12.3. The molecule has 1 aromatic heterocycles. The molecule has 1 amide bonds. The lowest BCUT2D eigenvalue weighted by Crippen LogP contribution is -2.30. The molecule has 1 aromatic carbocycles. The first-order chi connectivity index (χ1) is 11.6. The quantitative estimate of drug-likeness (QED) is 0.867. The molecule has 128 valence electrons. The first kappa shape index (κ1) is 17.1. The summed E-state index contributed by atoms with van der Waals surface area (Å²) in [6, 6.07) is 7.71. The van der Waals surface area contributed by atoms with Crippen LogP contribution in [0, 0.1) is 6.92 Å². The number of nitrogens with one attached hydrogen (secondary N) is 1. The zero-order chi connectivity index (χ0) is 16.9. The van der Waals surface area contributed by atoms with Crippen molar-refractivity contribution in [1.82, 2.24) is 4.98 Å². The molecule has 0 aliphatic carbocycles. The summed E-state index contributed by atoms with van der Waals surface area (Å²) < 4.78 is 11.1. The van der Waals surface area contributed by atoms with E-state index < -0.39 is 6.10 Å². The van der Waals surface area contributed by atoms with Gasteiger partial charge in [-0.3, -0.25) is 4.79 Å². The standard InChI is InChI=1S/C18H22N2O3S/c1-12-11-24-18(19-12)14-5-3-6-15(9-14)20-17(21)13(2)23-10-16-7-4-8-22-16/h3,5-6,9,11,13,16H,4,7-8,10H2,1-2H3,(H,20,21)/t13-,16-/m1/s1. The van der Waals surface area contributed by atoms with Gasteiger partial charge >= 0.3 is 0 Å². The van der Waals surface area contributed by atoms with Gasteiger partial charge in [0.1, 0.15) is 11.1 Å². The van der Waals surface area contributed by atoms with Crippen LogP contribution in [0.5, 0.6) is 0 Å². The normalized spacial score (nSPS) is 18.5. The summed E-state index contributed by atoms with van der Waals surface area (Å²) in [5.74, 6) is -0.152. The van der Waals surface area contributed by atoms with Gasteiger partial charge in [-0.25, -0.2) is 4.98 Å². The number of carbonyl (C=O) groups excluding carboxylic acids is 1. The lowest BCUT2D eigenvalue weighted by molar-refractivity contribution is -0.128. The van der Waals surface area contributed by atoms with Crippen LogP contribution in [0.3, 0.4) is 0 Å². The topological polar surface area (TPSA) is 60.5 Å². The third kappa shape index (κ3) is 4.41. The Kier molecular flexibility index (Phi) is 5.60. The Hall–Kier alpha value is -1.76. The van der Waals surface area contributed by atoms with Gasteiger partial charge in [-0.05, 0) is 38.8 Å². The van der Waals surface area contributed by atoms with E-state index in [1.54, 1.807) is 18.3 Å². The summed E-state index contributed by atoms with van der Waals surface area (Å²) in [4.78, 5) is 16.8. The number of aromatic nitrogens is 1. The number of aryl methyl sites for hydroxylation is 1. The first-order valence-electron chi connectivity index (χ1n) is 8.18. The highest BCUT2D eigenvalue weighted by molar-refractivity contribution is 7.13. The van der Waals surface area contributed by atoms with Crippen LogP contribution in [-0.4, -0.2) is 36.3 Å². The van der Waals surface area contributed by atoms with Gasteiger partial charge in [0, 0.05) is 28.9 Å². The molecule has 1 aliphatic heterocycles. The molecule has 24 heavy (non-hydrogen) atoms. The predicted molar refractivity (Wildman–Crippen MR) is 95.3 cm³/mol. The fraction of sp³-hybridized carbons (Fsp3) is 0.444. The van der Waals surface area contributed by atoms with Gasteiger partial charge < -0.3 is 14.8 Å². The number of nitrogens with zero attached hydrogens (tertiary/aromatic N) is 1. The lowest BCUT2D eigenvalue weighted by atomic mass is 10.2. The molecule has 0 unspecified atom stereocenters. The Labute approximate surface area is 146 Å². The number of thiazole rings is 1. The fourth-order valence-electron chi connectivity index (χ4n) is 2.56. The zero-order valence-corrected chi connectivity index (χ0v) is 14.8. The average Bonchev–Trinajstić information content (AvgIpc) is 3.24. The smallest absolute Gasteiger partial charge is 0.253 e. The molecule has 1 saturated heterocycles. The Bertz CT molecular complexity index is 695. The molecular formula is C18H22N2O3S. The summed E-state index contributed by atoms with van der Waals surface area (Å²) in [7, 11) is 0. The molecule has 0 radical (unpaired) electrons. The van der Waals surface area contributed by atoms with Crippen LogP contribution in [0.4, 0.5) is 5.69 Å². The number of ether oxygens (including phenoxy) is 2. The third-order valence-electron chi connectivity index (χ3n) is 3.92. The summed E-state index contributed by atoms with van der Waals surface area (Å²) in [6.45, 7) is 4.99. The molecule has 1 N–H and O–H groups in total. The Morgan fingerprint density at radius 2 is 2.42 bits per heavy atom. The first-order valence-corrected chi connectivity index (χ1v) is 9.06. The molecule has 1 fully saturated rings. The zero-order valence-electron chi connectivity index (χ0n) is 14.0. The Morgan fingerprint density at radius 3 is 3.12 bits per heavy atom. The van der Waals surface area contributed by atoms with Crippen molar-refractivity contribution in [3.63, 3.8) is 0 Å². The van der Waals surface area contributed by atoms with Gasteiger partial charge in [0.15, 0.2) is 0 Å². The van der Waals surface area contributed by atoms with E-state index in [0.29, 0.717) is 6.61 Å². The molecular weight excluding hydrogens is 324 g/mol. The Morgan fingerprint density at radius 1 is 1.54 bits per heavy atom. The molecule has 2 atom stereocenters. The van der Waals surface area contributed by atoms with E-state index in [-0.39, 0.29) is 12.0 Å². The van der Waals surface area contributed by atoms with Gasteiger partial charge in [-0.2, -0.15) is 0 Å². The highest BCUT2D eigenvalue weighted by Gasteiger charge is 2.20. The lowest BCUT2D eigenvalue weighted by Gasteiger charge is -2.16. The number of carbonyl (C=O) groups is 1. The van der Waals surface area contributed by atoms with Crippen LogP contribution in [0.2, 0.25) is 0 Å². The summed E-state index contributed by atoms with van der Waals surface area (Å²) in [5, 5.41) is 5.87. The predicted octanol–water partition coefficient (Wildman–Crippen LogP) is 3.64. The van der Waals surface area contributed by atoms with Gasteiger partial charge in [0.25, 0.3) is 5.91 Å². The van der Waals surface area contributed by atoms with Crippen LogP contribution >= 0.6 is 11.3 Å². The highest BCUT2D eigenvalue weighted by atomic mass is 32.1. The van der Waals surface area contributed by atoms with Crippen LogP contribution in [0.25, 0.3) is 10.6 Å². The molecule has 3 rings (SSSR count). The van der Waals surface area contributed by atoms with Crippen molar-refractivity contribution in [3.05, 3.63) is 35.3 Å². The van der Waals surface area contributed by atoms with Crippen LogP contribution in [-0.2, 0) is 14.3 Å². The third-order valence-corrected chi connectivity index (χ3v) is 4.93. The highest BCUT2D eigenvalue weighted by Crippen LogP contribution is 2.26. The molecule has 2 heterocycles. The van der Waals surface area contributed by atoms with Crippen LogP contribution in [0.15, 0.2) is 29.6 Å². The van der Waals surface area contributed by atoms with Crippen molar-refractivity contribution in [1.29, 1.82) is 0 Å². The van der Waals surface area contributed by atoms with Crippen molar-refractivity contribution in [2.45, 2.75) is 38.9 Å². The second-order valence-corrected chi connectivity index (χ2v) is 6.83. The molecule has 1 aliphatic rings. The van der Waals surface area contributed by atoms with E-state index in [0.717, 1.165) is 41.4 Å². The monoisotopic (exact) mass is 346 g/mol. The molecule has 2 aromatic rings. The number of anilines is 1. The SMILES string of the molecule is Cc1csc(-c2cccc(NC(=O)[C@@H](C)OC[C@H]3CCCO3)c2)n1. The van der Waals surface area contributed by atoms with Gasteiger partial charge in [0.05, 0.1) is 12.7 Å². The summed E-state index contributed by atoms with van der Waals surface area (Å²) >= 11 is 1.60. The average molecular weight is 346 g/mol. The van der Waals surface area contributed by atoms with Crippen molar-refractivity contribution in [3.8, 4) is 10.6 Å². The van der Waals surface area contributed by atoms with Crippen molar-refractivity contribution in [2.24, 2.45) is 0 Å². The molecule has 6 heteroatoms. The van der Waals surface area contributed by atoms with E-state index >= 15 is 0 Å². The number of benzene rings is 1. The van der Waals surface area contributed by atoms with Gasteiger partial charge in [-0.1, -0.05) is 12.1 Å². The second kappa shape index (κ2) is 7.88. The van der Waals surface area contributed by atoms with E-state index in [4.69, 9.17) is 9.47 Å². The number of hydrogen-bond donors (Lipinski definition) is 1. The molecule has 0 bridgehead atoms. The van der Waals surface area contributed by atoms with Crippen LogP contribution in [0.1, 0.15) is 25.5 Å². The van der Waals surface area contributed by atoms with E-state index in [9.17, 15) is 4.79 Å². The van der Waals surface area contributed by atoms with E-state index in [2.05, 4.69) is 10.3 Å². The van der Waals surface area contributed by atoms with Gasteiger partial charge in [-0.15, -0.1) is 11.3 Å². The number of rotatable bonds is 6. The van der Waals surface area contributed by atoms with Gasteiger partial charge in [0.2, 0.25) is 0 Å². The molecule has 0 saturated carbocycles. The largest absolute Gasteiger partial charge is 0.376 e. The molecule has 0 spiro atoms. The Balaban J connectivity index is 1.57.